The number of benzene rings is 1. The number of aromatic amines is 1. The molecule has 2 aromatic heterocycles. The van der Waals surface area contributed by atoms with Crippen molar-refractivity contribution in [2.24, 2.45) is 0 Å². The van der Waals surface area contributed by atoms with Gasteiger partial charge in [-0.2, -0.15) is 4.68 Å². The number of thiazole rings is 1. The fourth-order valence-corrected chi connectivity index (χ4v) is 4.54. The van der Waals surface area contributed by atoms with Crippen LogP contribution in [0.3, 0.4) is 0 Å². The molecule has 1 aliphatic heterocycles. The minimum atomic E-state index is -0.206. The maximum Gasteiger partial charge on any atom is 0.277 e. The molecule has 3 aromatic rings. The molecule has 0 saturated carbocycles. The van der Waals surface area contributed by atoms with Gasteiger partial charge in [-0.15, -0.1) is 11.3 Å². The number of nitrogens with zero attached hydrogens (tertiary/aromatic N) is 3. The first kappa shape index (κ1) is 19.9. The molecule has 152 valence electrons. The average Bonchev–Trinajstić information content (AvgIpc) is 3.17. The highest BCUT2D eigenvalue weighted by Crippen LogP contribution is 2.25. The number of carbonyl (C=O) groups is 1. The van der Waals surface area contributed by atoms with E-state index in [-0.39, 0.29) is 17.9 Å². The second-order valence-corrected chi connectivity index (χ2v) is 8.62. The Hall–Kier alpha value is -2.38. The second kappa shape index (κ2) is 8.55. The molecule has 0 bridgehead atoms. The van der Waals surface area contributed by atoms with Gasteiger partial charge in [-0.05, 0) is 31.9 Å². The lowest BCUT2D eigenvalue weighted by Gasteiger charge is -2.19. The number of rotatable bonds is 4. The van der Waals surface area contributed by atoms with Crippen molar-refractivity contribution in [1.82, 2.24) is 19.7 Å². The summed E-state index contributed by atoms with van der Waals surface area (Å²) in [7, 11) is 0. The molecule has 4 rings (SSSR count). The van der Waals surface area contributed by atoms with Crippen LogP contribution in [0.5, 0.6) is 0 Å². The minimum Gasteiger partial charge on any atom is -0.342 e. The van der Waals surface area contributed by atoms with Crippen molar-refractivity contribution >= 4 is 28.8 Å². The monoisotopic (exact) mass is 430 g/mol. The van der Waals surface area contributed by atoms with Gasteiger partial charge in [-0.3, -0.25) is 14.7 Å². The van der Waals surface area contributed by atoms with E-state index in [9.17, 15) is 9.59 Å². The zero-order valence-electron chi connectivity index (χ0n) is 16.3. The summed E-state index contributed by atoms with van der Waals surface area (Å²) in [6.07, 6.45) is 4.53. The number of hydrogen-bond acceptors (Lipinski definition) is 4. The molecule has 0 unspecified atom stereocenters. The number of H-pyrrole nitrogens is 1. The summed E-state index contributed by atoms with van der Waals surface area (Å²) >= 11 is 7.33. The van der Waals surface area contributed by atoms with Gasteiger partial charge in [0.1, 0.15) is 0 Å². The van der Waals surface area contributed by atoms with Gasteiger partial charge >= 0.3 is 0 Å². The highest BCUT2D eigenvalue weighted by atomic mass is 35.5. The highest BCUT2D eigenvalue weighted by Gasteiger charge is 2.21. The molecule has 0 spiro atoms. The van der Waals surface area contributed by atoms with Crippen LogP contribution < -0.4 is 5.56 Å². The maximum absolute atomic E-state index is 13.0. The van der Waals surface area contributed by atoms with E-state index in [1.165, 1.54) is 28.9 Å². The van der Waals surface area contributed by atoms with Gasteiger partial charge in [0.05, 0.1) is 12.1 Å². The minimum absolute atomic E-state index is 0.0271. The zero-order chi connectivity index (χ0) is 20.4. The molecule has 1 aromatic carbocycles. The van der Waals surface area contributed by atoms with Crippen molar-refractivity contribution in [3.8, 4) is 16.4 Å². The Labute approximate surface area is 178 Å². The molecule has 1 amide bonds. The SMILES string of the molecule is Cc1[nH]n(-c2nc(-c3ccc(Cl)cc3)cs2)c(=O)c1CC(=O)N1CCCCCC1. The molecule has 1 N–H and O–H groups in total. The third-order valence-electron chi connectivity index (χ3n) is 5.30. The van der Waals surface area contributed by atoms with E-state index in [2.05, 4.69) is 10.1 Å². The number of halogens is 1. The van der Waals surface area contributed by atoms with Crippen LogP contribution in [0.15, 0.2) is 34.4 Å². The van der Waals surface area contributed by atoms with Crippen LogP contribution in [0.2, 0.25) is 5.02 Å². The Morgan fingerprint density at radius 1 is 1.17 bits per heavy atom. The van der Waals surface area contributed by atoms with E-state index < -0.39 is 0 Å². The molecule has 29 heavy (non-hydrogen) atoms. The molecule has 6 nitrogen and oxygen atoms in total. The van der Waals surface area contributed by atoms with Crippen LogP contribution >= 0.6 is 22.9 Å². The third-order valence-corrected chi connectivity index (χ3v) is 6.38. The first-order valence-corrected chi connectivity index (χ1v) is 11.1. The third kappa shape index (κ3) is 4.31. The number of nitrogens with one attached hydrogen (secondary N) is 1. The van der Waals surface area contributed by atoms with Crippen molar-refractivity contribution in [2.75, 3.05) is 13.1 Å². The molecule has 8 heteroatoms. The molecule has 1 aliphatic rings. The normalized spacial score (nSPS) is 14.8. The van der Waals surface area contributed by atoms with Gasteiger partial charge < -0.3 is 4.90 Å². The fraction of sp³-hybridized carbons (Fsp3) is 0.381. The predicted molar refractivity (Wildman–Crippen MR) is 116 cm³/mol. The summed E-state index contributed by atoms with van der Waals surface area (Å²) in [6.45, 7) is 3.40. The lowest BCUT2D eigenvalue weighted by Crippen LogP contribution is -2.34. The fourth-order valence-electron chi connectivity index (χ4n) is 3.63. The van der Waals surface area contributed by atoms with Crippen LogP contribution in [-0.4, -0.2) is 38.7 Å². The van der Waals surface area contributed by atoms with E-state index in [0.29, 0.717) is 21.4 Å². The summed E-state index contributed by atoms with van der Waals surface area (Å²) in [5.74, 6) is 0.0271. The molecule has 0 radical (unpaired) electrons. The van der Waals surface area contributed by atoms with Crippen LogP contribution in [0.4, 0.5) is 0 Å². The maximum atomic E-state index is 13.0. The first-order chi connectivity index (χ1) is 14.0. The molecular weight excluding hydrogens is 408 g/mol. The first-order valence-electron chi connectivity index (χ1n) is 9.83. The van der Waals surface area contributed by atoms with Gasteiger partial charge in [0.25, 0.3) is 5.56 Å². The Morgan fingerprint density at radius 3 is 2.55 bits per heavy atom. The van der Waals surface area contributed by atoms with Gasteiger partial charge in [-0.25, -0.2) is 4.98 Å². The van der Waals surface area contributed by atoms with E-state index >= 15 is 0 Å². The predicted octanol–water partition coefficient (Wildman–Crippen LogP) is 4.20. The molecule has 3 heterocycles. The summed E-state index contributed by atoms with van der Waals surface area (Å²) in [6, 6.07) is 7.42. The number of carbonyl (C=O) groups excluding carboxylic acids is 1. The zero-order valence-corrected chi connectivity index (χ0v) is 17.9. The quantitative estimate of drug-likeness (QED) is 0.674. The van der Waals surface area contributed by atoms with Crippen LogP contribution in [0.1, 0.15) is 36.9 Å². The largest absolute Gasteiger partial charge is 0.342 e. The van der Waals surface area contributed by atoms with Crippen LogP contribution in [0, 0.1) is 6.92 Å². The Bertz CT molecular complexity index is 1060. The molecule has 1 saturated heterocycles. The van der Waals surface area contributed by atoms with Gasteiger partial charge in [0, 0.05) is 40.3 Å². The van der Waals surface area contributed by atoms with E-state index in [0.717, 1.165) is 37.2 Å². The summed E-state index contributed by atoms with van der Waals surface area (Å²) in [5, 5.41) is 6.21. The number of hydrogen-bond donors (Lipinski definition) is 1. The standard InChI is InChI=1S/C21H23ClN4O2S/c1-14-17(12-19(27)25-10-4-2-3-5-11-25)20(28)26(24-14)21-23-18(13-29-21)15-6-8-16(22)9-7-15/h6-9,13,24H,2-5,10-12H2,1H3. The van der Waals surface area contributed by atoms with Gasteiger partial charge in [0.2, 0.25) is 11.0 Å². The lowest BCUT2D eigenvalue weighted by molar-refractivity contribution is -0.130. The van der Waals surface area contributed by atoms with E-state index in [1.54, 1.807) is 0 Å². The molecule has 1 fully saturated rings. The van der Waals surface area contributed by atoms with Gasteiger partial charge in [0.15, 0.2) is 0 Å². The molecule has 0 aliphatic carbocycles. The Balaban J connectivity index is 1.56. The van der Waals surface area contributed by atoms with Crippen LogP contribution in [-0.2, 0) is 11.2 Å². The van der Waals surface area contributed by atoms with Crippen molar-refractivity contribution in [3.05, 3.63) is 56.3 Å². The smallest absolute Gasteiger partial charge is 0.277 e. The topological polar surface area (TPSA) is 71.0 Å². The van der Waals surface area contributed by atoms with Crippen LogP contribution in [0.25, 0.3) is 16.4 Å². The highest BCUT2D eigenvalue weighted by molar-refractivity contribution is 7.12. The summed E-state index contributed by atoms with van der Waals surface area (Å²) < 4.78 is 1.43. The summed E-state index contributed by atoms with van der Waals surface area (Å²) in [5.41, 5.74) is 2.74. The average molecular weight is 431 g/mol. The van der Waals surface area contributed by atoms with Crippen molar-refractivity contribution in [3.63, 3.8) is 0 Å². The van der Waals surface area contributed by atoms with Crippen molar-refractivity contribution < 1.29 is 4.79 Å². The second-order valence-electron chi connectivity index (χ2n) is 7.35. The lowest BCUT2D eigenvalue weighted by atomic mass is 10.1. The van der Waals surface area contributed by atoms with E-state index in [1.807, 2.05) is 41.5 Å². The molecule has 0 atom stereocenters. The Morgan fingerprint density at radius 2 is 1.86 bits per heavy atom. The molecular formula is C21H23ClN4O2S. The summed E-state index contributed by atoms with van der Waals surface area (Å²) in [4.78, 5) is 32.2. The Kier molecular flexibility index (Phi) is 5.87. The number of aryl methyl sites for hydroxylation is 1. The number of amides is 1. The van der Waals surface area contributed by atoms with E-state index in [4.69, 9.17) is 11.6 Å². The van der Waals surface area contributed by atoms with Crippen molar-refractivity contribution in [2.45, 2.75) is 39.0 Å². The van der Waals surface area contributed by atoms with Crippen molar-refractivity contribution in [1.29, 1.82) is 0 Å². The number of aromatic nitrogens is 3. The van der Waals surface area contributed by atoms with Gasteiger partial charge in [-0.1, -0.05) is 36.6 Å². The number of likely N-dealkylation sites (tertiary alicyclic amines) is 1.